The third-order valence-corrected chi connectivity index (χ3v) is 8.53. The number of piperazine rings is 1. The van der Waals surface area contributed by atoms with E-state index in [0.29, 0.717) is 46.5 Å². The number of amides is 2. The molecule has 1 aromatic carbocycles. The number of aryl methyl sites for hydroxylation is 1. The van der Waals surface area contributed by atoms with Gasteiger partial charge in [-0.3, -0.25) is 19.0 Å². The Morgan fingerprint density at radius 1 is 1.16 bits per heavy atom. The molecule has 0 saturated carbocycles. The van der Waals surface area contributed by atoms with Crippen LogP contribution in [-0.2, 0) is 11.3 Å². The summed E-state index contributed by atoms with van der Waals surface area (Å²) in [5.41, 5.74) is 0.892. The van der Waals surface area contributed by atoms with Gasteiger partial charge in [-0.2, -0.15) is 13.2 Å². The zero-order chi connectivity index (χ0) is 27.2. The summed E-state index contributed by atoms with van der Waals surface area (Å²) >= 11 is 7.20. The number of carbonyl (C=O) groups excluding carboxylic acids is 2. The quantitative estimate of drug-likeness (QED) is 0.477. The van der Waals surface area contributed by atoms with Gasteiger partial charge in [-0.05, 0) is 43.5 Å². The van der Waals surface area contributed by atoms with Crippen LogP contribution in [0.1, 0.15) is 28.1 Å². The van der Waals surface area contributed by atoms with Crippen LogP contribution < -0.4 is 10.5 Å². The normalized spacial score (nSPS) is 18.4. The molecule has 0 radical (unpaired) electrons. The van der Waals surface area contributed by atoms with E-state index in [1.165, 1.54) is 0 Å². The van der Waals surface area contributed by atoms with Gasteiger partial charge >= 0.3 is 6.18 Å². The Hall–Kier alpha value is -3.12. The Balaban J connectivity index is 1.32. The summed E-state index contributed by atoms with van der Waals surface area (Å²) in [6.45, 7) is 3.33. The molecule has 0 N–H and O–H groups in total. The zero-order valence-electron chi connectivity index (χ0n) is 20.5. The molecule has 0 bridgehead atoms. The van der Waals surface area contributed by atoms with E-state index in [0.717, 1.165) is 32.8 Å². The third kappa shape index (κ3) is 4.98. The lowest BCUT2D eigenvalue weighted by atomic mass is 10.2. The average molecular weight is 568 g/mol. The minimum atomic E-state index is -4.52. The minimum absolute atomic E-state index is 0.00582. The maximum absolute atomic E-state index is 13.4. The van der Waals surface area contributed by atoms with E-state index in [2.05, 4.69) is 9.88 Å². The molecule has 4 heterocycles. The summed E-state index contributed by atoms with van der Waals surface area (Å²) in [6, 6.07) is 5.69. The second-order valence-corrected chi connectivity index (χ2v) is 10.9. The van der Waals surface area contributed by atoms with Crippen molar-refractivity contribution in [3.63, 3.8) is 0 Å². The van der Waals surface area contributed by atoms with E-state index in [9.17, 15) is 27.6 Å². The molecule has 0 spiro atoms. The number of halogens is 4. The Kier molecular flexibility index (Phi) is 7.12. The van der Waals surface area contributed by atoms with Crippen LogP contribution in [0, 0.1) is 6.92 Å². The van der Waals surface area contributed by atoms with Crippen molar-refractivity contribution in [3.8, 4) is 0 Å². The second kappa shape index (κ2) is 10.2. The molecule has 5 rings (SSSR count). The van der Waals surface area contributed by atoms with Gasteiger partial charge < -0.3 is 14.7 Å². The van der Waals surface area contributed by atoms with Crippen molar-refractivity contribution in [1.82, 2.24) is 19.4 Å². The first-order valence-corrected chi connectivity index (χ1v) is 13.4. The van der Waals surface area contributed by atoms with Crippen LogP contribution in [0.15, 0.2) is 35.4 Å². The predicted molar refractivity (Wildman–Crippen MR) is 139 cm³/mol. The number of hydrogen-bond acceptors (Lipinski definition) is 6. The Morgan fingerprint density at radius 2 is 1.89 bits per heavy atom. The molecular formula is C25H25ClF3N5O3S. The van der Waals surface area contributed by atoms with Gasteiger partial charge in [-0.15, -0.1) is 11.3 Å². The molecule has 2 saturated heterocycles. The highest BCUT2D eigenvalue weighted by Gasteiger charge is 2.47. The summed E-state index contributed by atoms with van der Waals surface area (Å²) in [5.74, 6) is -0.988. The monoisotopic (exact) mass is 567 g/mol. The number of thiophene rings is 1. The average Bonchev–Trinajstić information content (AvgIpc) is 3.51. The number of anilines is 1. The van der Waals surface area contributed by atoms with E-state index in [1.54, 1.807) is 17.9 Å². The van der Waals surface area contributed by atoms with Gasteiger partial charge in [0.25, 0.3) is 11.5 Å². The van der Waals surface area contributed by atoms with Crippen LogP contribution in [0.4, 0.5) is 18.9 Å². The molecular weight excluding hydrogens is 543 g/mol. The van der Waals surface area contributed by atoms with Gasteiger partial charge in [-0.25, -0.2) is 4.98 Å². The molecule has 38 heavy (non-hydrogen) atoms. The first kappa shape index (κ1) is 26.5. The highest BCUT2D eigenvalue weighted by atomic mass is 35.5. The minimum Gasteiger partial charge on any atom is -0.368 e. The largest absolute Gasteiger partial charge is 0.408 e. The van der Waals surface area contributed by atoms with Crippen LogP contribution >= 0.6 is 22.9 Å². The Bertz CT molecular complexity index is 1450. The molecule has 1 atom stereocenters. The standard InChI is InChI=1S/C25H25ClF3N5O3S/c1-15-20-22(30-14-33(23(20)36)13-19(35)34-7-3-6-18(34)25(27,28)29)38-21(15)24(37)32-10-8-31(9-11-32)17-5-2-4-16(26)12-17/h2,4-5,12,14,18H,3,6-11,13H2,1H3. The van der Waals surface area contributed by atoms with Gasteiger partial charge in [0.05, 0.1) is 16.6 Å². The molecule has 2 aliphatic heterocycles. The third-order valence-electron chi connectivity index (χ3n) is 7.11. The number of nitrogens with zero attached hydrogens (tertiary/aromatic N) is 5. The highest BCUT2D eigenvalue weighted by molar-refractivity contribution is 7.20. The number of fused-ring (bicyclic) bond motifs is 1. The molecule has 13 heteroatoms. The lowest BCUT2D eigenvalue weighted by Crippen LogP contribution is -2.48. The summed E-state index contributed by atoms with van der Waals surface area (Å²) < 4.78 is 40.9. The van der Waals surface area contributed by atoms with Gasteiger partial charge in [0, 0.05) is 43.4 Å². The molecule has 202 valence electrons. The lowest BCUT2D eigenvalue weighted by molar-refractivity contribution is -0.183. The van der Waals surface area contributed by atoms with E-state index in [4.69, 9.17) is 11.6 Å². The number of hydrogen-bond donors (Lipinski definition) is 0. The fourth-order valence-electron chi connectivity index (χ4n) is 5.10. The maximum atomic E-state index is 13.4. The van der Waals surface area contributed by atoms with Crippen molar-refractivity contribution in [3.05, 3.63) is 56.4 Å². The smallest absolute Gasteiger partial charge is 0.368 e. The SMILES string of the molecule is Cc1c(C(=O)N2CCN(c3cccc(Cl)c3)CC2)sc2ncn(CC(=O)N3CCCC3C(F)(F)F)c(=O)c12. The fraction of sp³-hybridized carbons (Fsp3) is 0.440. The number of rotatable bonds is 4. The Morgan fingerprint density at radius 3 is 2.58 bits per heavy atom. The van der Waals surface area contributed by atoms with Crippen molar-refractivity contribution >= 4 is 50.7 Å². The number of likely N-dealkylation sites (tertiary alicyclic amines) is 1. The van der Waals surface area contributed by atoms with E-state index in [-0.39, 0.29) is 30.7 Å². The molecule has 1 unspecified atom stereocenters. The molecule has 2 aromatic heterocycles. The van der Waals surface area contributed by atoms with E-state index < -0.39 is 30.2 Å². The molecule has 2 aliphatic rings. The molecule has 2 fully saturated rings. The summed E-state index contributed by atoms with van der Waals surface area (Å²) in [6.07, 6.45) is -3.25. The summed E-state index contributed by atoms with van der Waals surface area (Å²) in [4.78, 5) is 48.9. The van der Waals surface area contributed by atoms with Crippen molar-refractivity contribution < 1.29 is 22.8 Å². The molecule has 3 aromatic rings. The van der Waals surface area contributed by atoms with Gasteiger partial charge in [0.1, 0.15) is 17.4 Å². The first-order valence-electron chi connectivity index (χ1n) is 12.2. The van der Waals surface area contributed by atoms with E-state index >= 15 is 0 Å². The van der Waals surface area contributed by atoms with Crippen molar-refractivity contribution in [2.24, 2.45) is 0 Å². The maximum Gasteiger partial charge on any atom is 0.408 e. The van der Waals surface area contributed by atoms with Crippen molar-refractivity contribution in [1.29, 1.82) is 0 Å². The summed E-state index contributed by atoms with van der Waals surface area (Å²) in [7, 11) is 0. The van der Waals surface area contributed by atoms with Crippen LogP contribution in [0.2, 0.25) is 5.02 Å². The van der Waals surface area contributed by atoms with Crippen molar-refractivity contribution in [2.75, 3.05) is 37.6 Å². The molecule has 8 nitrogen and oxygen atoms in total. The molecule has 0 aliphatic carbocycles. The lowest BCUT2D eigenvalue weighted by Gasteiger charge is -2.36. The Labute approximate surface area is 225 Å². The predicted octanol–water partition coefficient (Wildman–Crippen LogP) is 3.94. The first-order chi connectivity index (χ1) is 18.0. The number of aromatic nitrogens is 2. The molecule has 2 amide bonds. The summed E-state index contributed by atoms with van der Waals surface area (Å²) in [5, 5.41) is 0.849. The zero-order valence-corrected chi connectivity index (χ0v) is 22.1. The topological polar surface area (TPSA) is 78.8 Å². The number of carbonyl (C=O) groups is 2. The van der Waals surface area contributed by atoms with Gasteiger partial charge in [0.15, 0.2) is 0 Å². The van der Waals surface area contributed by atoms with E-state index in [1.807, 2.05) is 18.2 Å². The van der Waals surface area contributed by atoms with Crippen molar-refractivity contribution in [2.45, 2.75) is 38.5 Å². The van der Waals surface area contributed by atoms with Gasteiger partial charge in [0.2, 0.25) is 5.91 Å². The number of benzene rings is 1. The fourth-order valence-corrected chi connectivity index (χ4v) is 6.39. The highest BCUT2D eigenvalue weighted by Crippen LogP contribution is 2.33. The van der Waals surface area contributed by atoms with Gasteiger partial charge in [-0.1, -0.05) is 17.7 Å². The number of alkyl halides is 3. The van der Waals surface area contributed by atoms with Crippen LogP contribution in [0.3, 0.4) is 0 Å². The second-order valence-electron chi connectivity index (χ2n) is 9.46. The van der Waals surface area contributed by atoms with Crippen LogP contribution in [0.25, 0.3) is 10.2 Å². The van der Waals surface area contributed by atoms with Crippen LogP contribution in [-0.4, -0.2) is 76.1 Å². The van der Waals surface area contributed by atoms with Crippen LogP contribution in [0.5, 0.6) is 0 Å².